The number of halogens is 1. The van der Waals surface area contributed by atoms with Crippen LogP contribution in [0.5, 0.6) is 0 Å². The van der Waals surface area contributed by atoms with Crippen LogP contribution in [0.1, 0.15) is 33.2 Å². The lowest BCUT2D eigenvalue weighted by molar-refractivity contribution is 0.0525. The first-order chi connectivity index (χ1) is 7.10. The van der Waals surface area contributed by atoms with Gasteiger partial charge in [-0.2, -0.15) is 0 Å². The van der Waals surface area contributed by atoms with Gasteiger partial charge >= 0.3 is 5.97 Å². The van der Waals surface area contributed by atoms with Gasteiger partial charge in [0.2, 0.25) is 0 Å². The van der Waals surface area contributed by atoms with Crippen molar-refractivity contribution in [2.75, 3.05) is 6.61 Å². The highest BCUT2D eigenvalue weighted by Gasteiger charge is 2.12. The lowest BCUT2D eigenvalue weighted by Crippen LogP contribution is -2.07. The zero-order valence-corrected chi connectivity index (χ0v) is 10.1. The minimum atomic E-state index is -0.367. The average molecular weight is 271 g/mol. The number of rotatable bonds is 3. The third kappa shape index (κ3) is 2.65. The van der Waals surface area contributed by atoms with Crippen LogP contribution in [0.25, 0.3) is 0 Å². The molecular weight excluding hydrogens is 260 g/mol. The normalized spacial score (nSPS) is 9.80. The fourth-order valence-corrected chi connectivity index (χ4v) is 1.66. The summed E-state index contributed by atoms with van der Waals surface area (Å²) in [5, 5.41) is 0. The fourth-order valence-electron chi connectivity index (χ4n) is 1.22. The van der Waals surface area contributed by atoms with Crippen molar-refractivity contribution >= 4 is 28.2 Å². The lowest BCUT2D eigenvalue weighted by Gasteiger charge is -2.07. The van der Waals surface area contributed by atoms with Gasteiger partial charge in [0.05, 0.1) is 12.2 Å². The van der Waals surface area contributed by atoms with E-state index in [9.17, 15) is 9.59 Å². The Kier molecular flexibility index (Phi) is 4.03. The first-order valence-corrected chi connectivity index (χ1v) is 5.32. The standard InChI is InChI=1S/C11H11BrO3/c1-3-15-11(14)9-5-10(12)8(6-13)4-7(9)2/h4-6H,3H2,1-2H3. The maximum absolute atomic E-state index is 11.5. The van der Waals surface area contributed by atoms with Crippen LogP contribution < -0.4 is 0 Å². The molecule has 1 aromatic carbocycles. The summed E-state index contributed by atoms with van der Waals surface area (Å²) in [6.07, 6.45) is 0.742. The Balaban J connectivity index is 3.15. The first-order valence-electron chi connectivity index (χ1n) is 4.52. The van der Waals surface area contributed by atoms with Crippen LogP contribution in [0, 0.1) is 6.92 Å². The quantitative estimate of drug-likeness (QED) is 0.627. The number of carbonyl (C=O) groups is 2. The second-order valence-corrected chi connectivity index (χ2v) is 3.88. The topological polar surface area (TPSA) is 43.4 Å². The number of benzene rings is 1. The minimum Gasteiger partial charge on any atom is -0.462 e. The predicted molar refractivity (Wildman–Crippen MR) is 60.2 cm³/mol. The summed E-state index contributed by atoms with van der Waals surface area (Å²) >= 11 is 3.22. The van der Waals surface area contributed by atoms with Gasteiger partial charge < -0.3 is 4.74 Å². The molecule has 0 aromatic heterocycles. The summed E-state index contributed by atoms with van der Waals surface area (Å²) in [6, 6.07) is 3.26. The van der Waals surface area contributed by atoms with Gasteiger partial charge in [0.15, 0.2) is 6.29 Å². The molecule has 0 heterocycles. The van der Waals surface area contributed by atoms with Crippen molar-refractivity contribution in [3.05, 3.63) is 33.3 Å². The molecule has 15 heavy (non-hydrogen) atoms. The molecule has 1 aromatic rings. The summed E-state index contributed by atoms with van der Waals surface area (Å²) < 4.78 is 5.49. The molecule has 4 heteroatoms. The van der Waals surface area contributed by atoms with Crippen LogP contribution in [0.4, 0.5) is 0 Å². The van der Waals surface area contributed by atoms with Crippen molar-refractivity contribution in [2.45, 2.75) is 13.8 Å². The Hall–Kier alpha value is -1.16. The van der Waals surface area contributed by atoms with E-state index >= 15 is 0 Å². The molecule has 0 atom stereocenters. The van der Waals surface area contributed by atoms with Gasteiger partial charge in [0.1, 0.15) is 0 Å². The highest BCUT2D eigenvalue weighted by Crippen LogP contribution is 2.21. The molecule has 1 rings (SSSR count). The second-order valence-electron chi connectivity index (χ2n) is 3.03. The number of carbonyl (C=O) groups excluding carboxylic acids is 2. The van der Waals surface area contributed by atoms with E-state index in [0.717, 1.165) is 11.8 Å². The summed E-state index contributed by atoms with van der Waals surface area (Å²) in [4.78, 5) is 22.1. The van der Waals surface area contributed by atoms with Crippen molar-refractivity contribution in [1.29, 1.82) is 0 Å². The monoisotopic (exact) mass is 270 g/mol. The van der Waals surface area contributed by atoms with E-state index in [-0.39, 0.29) is 5.97 Å². The van der Waals surface area contributed by atoms with Crippen molar-refractivity contribution in [3.8, 4) is 0 Å². The van der Waals surface area contributed by atoms with E-state index in [1.165, 1.54) is 0 Å². The third-order valence-corrected chi connectivity index (χ3v) is 2.65. The molecule has 0 fully saturated rings. The molecule has 0 radical (unpaired) electrons. The molecule has 0 saturated heterocycles. The molecule has 0 amide bonds. The van der Waals surface area contributed by atoms with E-state index in [4.69, 9.17) is 4.74 Å². The molecule has 0 bridgehead atoms. The number of aryl methyl sites for hydroxylation is 1. The molecular formula is C11H11BrO3. The van der Waals surface area contributed by atoms with Gasteiger partial charge in [-0.3, -0.25) is 4.79 Å². The Bertz CT molecular complexity index is 399. The zero-order valence-electron chi connectivity index (χ0n) is 8.54. The van der Waals surface area contributed by atoms with E-state index in [1.54, 1.807) is 26.0 Å². The van der Waals surface area contributed by atoms with Gasteiger partial charge in [0, 0.05) is 10.0 Å². The van der Waals surface area contributed by atoms with Gasteiger partial charge in [-0.15, -0.1) is 0 Å². The van der Waals surface area contributed by atoms with Gasteiger partial charge in [0.25, 0.3) is 0 Å². The Morgan fingerprint density at radius 2 is 2.20 bits per heavy atom. The van der Waals surface area contributed by atoms with Crippen molar-refractivity contribution < 1.29 is 14.3 Å². The highest BCUT2D eigenvalue weighted by molar-refractivity contribution is 9.10. The van der Waals surface area contributed by atoms with E-state index in [2.05, 4.69) is 15.9 Å². The molecule has 0 unspecified atom stereocenters. The maximum atomic E-state index is 11.5. The molecule has 0 aliphatic carbocycles. The van der Waals surface area contributed by atoms with E-state index in [1.807, 2.05) is 0 Å². The van der Waals surface area contributed by atoms with E-state index < -0.39 is 0 Å². The molecule has 0 saturated carbocycles. The summed E-state index contributed by atoms with van der Waals surface area (Å²) in [7, 11) is 0. The molecule has 0 N–H and O–H groups in total. The van der Waals surface area contributed by atoms with Crippen LogP contribution in [0.2, 0.25) is 0 Å². The van der Waals surface area contributed by atoms with Crippen LogP contribution in [-0.2, 0) is 4.74 Å². The van der Waals surface area contributed by atoms with E-state index in [0.29, 0.717) is 22.2 Å². The van der Waals surface area contributed by atoms with Crippen LogP contribution in [-0.4, -0.2) is 18.9 Å². The summed E-state index contributed by atoms with van der Waals surface area (Å²) in [6.45, 7) is 3.86. The Labute approximate surface area is 96.6 Å². The average Bonchev–Trinajstić information content (AvgIpc) is 2.21. The number of aldehydes is 1. The minimum absolute atomic E-state index is 0.339. The fraction of sp³-hybridized carbons (Fsp3) is 0.273. The number of ether oxygens (including phenoxy) is 1. The Morgan fingerprint density at radius 1 is 1.53 bits per heavy atom. The van der Waals surface area contributed by atoms with Crippen LogP contribution in [0.15, 0.2) is 16.6 Å². The molecule has 0 aliphatic rings. The van der Waals surface area contributed by atoms with Crippen LogP contribution >= 0.6 is 15.9 Å². The number of esters is 1. The van der Waals surface area contributed by atoms with Gasteiger partial charge in [-0.25, -0.2) is 4.79 Å². The van der Waals surface area contributed by atoms with Gasteiger partial charge in [-0.1, -0.05) is 15.9 Å². The second kappa shape index (κ2) is 5.07. The van der Waals surface area contributed by atoms with Crippen molar-refractivity contribution in [1.82, 2.24) is 0 Å². The SMILES string of the molecule is CCOC(=O)c1cc(Br)c(C=O)cc1C. The molecule has 80 valence electrons. The molecule has 0 spiro atoms. The zero-order chi connectivity index (χ0) is 11.4. The predicted octanol–water partition coefficient (Wildman–Crippen LogP) is 2.75. The van der Waals surface area contributed by atoms with Crippen LogP contribution in [0.3, 0.4) is 0 Å². The molecule has 3 nitrogen and oxygen atoms in total. The highest BCUT2D eigenvalue weighted by atomic mass is 79.9. The maximum Gasteiger partial charge on any atom is 0.338 e. The largest absolute Gasteiger partial charge is 0.462 e. The van der Waals surface area contributed by atoms with Crippen molar-refractivity contribution in [2.24, 2.45) is 0 Å². The first kappa shape index (κ1) is 11.9. The smallest absolute Gasteiger partial charge is 0.338 e. The van der Waals surface area contributed by atoms with Gasteiger partial charge in [-0.05, 0) is 31.5 Å². The lowest BCUT2D eigenvalue weighted by atomic mass is 10.1. The molecule has 0 aliphatic heterocycles. The van der Waals surface area contributed by atoms with Crippen molar-refractivity contribution in [3.63, 3.8) is 0 Å². The number of hydrogen-bond acceptors (Lipinski definition) is 3. The number of hydrogen-bond donors (Lipinski definition) is 0. The Morgan fingerprint density at radius 3 is 2.73 bits per heavy atom. The third-order valence-electron chi connectivity index (χ3n) is 1.97. The summed E-state index contributed by atoms with van der Waals surface area (Å²) in [5.41, 5.74) is 1.74. The summed E-state index contributed by atoms with van der Waals surface area (Å²) in [5.74, 6) is -0.367.